The number of halogens is 1. The highest BCUT2D eigenvalue weighted by Crippen LogP contribution is 2.32. The van der Waals surface area contributed by atoms with E-state index in [0.717, 1.165) is 5.56 Å². The minimum absolute atomic E-state index is 0.116. The van der Waals surface area contributed by atoms with Crippen LogP contribution in [-0.4, -0.2) is 21.2 Å². The number of aryl methyl sites for hydroxylation is 2. The fraction of sp³-hybridized carbons (Fsp3) is 0.188. The van der Waals surface area contributed by atoms with Crippen LogP contribution in [0.5, 0.6) is 0 Å². The molecule has 3 rings (SSSR count). The second-order valence-corrected chi connectivity index (χ2v) is 5.09. The third kappa shape index (κ3) is 2.32. The molecule has 0 saturated carbocycles. The van der Waals surface area contributed by atoms with Gasteiger partial charge in [0.15, 0.2) is 0 Å². The van der Waals surface area contributed by atoms with Gasteiger partial charge in [0.2, 0.25) is 0 Å². The number of hydrogen-bond acceptors (Lipinski definition) is 4. The van der Waals surface area contributed by atoms with Crippen LogP contribution < -0.4 is 0 Å². The van der Waals surface area contributed by atoms with E-state index in [0.29, 0.717) is 33.6 Å². The van der Waals surface area contributed by atoms with Crippen molar-refractivity contribution in [1.29, 1.82) is 0 Å². The van der Waals surface area contributed by atoms with Gasteiger partial charge >= 0.3 is 5.97 Å². The largest absolute Gasteiger partial charge is 0.481 e. The fourth-order valence-corrected chi connectivity index (χ4v) is 2.55. The molecular weight excluding hydrogens is 287 g/mol. The van der Waals surface area contributed by atoms with Gasteiger partial charge in [0.25, 0.3) is 5.71 Å². The first-order valence-corrected chi connectivity index (χ1v) is 6.70. The zero-order valence-electron chi connectivity index (χ0n) is 12.1. The van der Waals surface area contributed by atoms with Crippen LogP contribution in [0.2, 0.25) is 0 Å². The molecule has 0 fully saturated rings. The SMILES string of the molecule is Cc1nc2onc(-c3ccc(F)cc3)c2c(C)c1CC(=O)O. The van der Waals surface area contributed by atoms with Gasteiger partial charge in [-0.15, -0.1) is 0 Å². The van der Waals surface area contributed by atoms with E-state index in [1.807, 2.05) is 6.92 Å². The van der Waals surface area contributed by atoms with Gasteiger partial charge in [-0.2, -0.15) is 0 Å². The van der Waals surface area contributed by atoms with E-state index in [1.54, 1.807) is 19.1 Å². The van der Waals surface area contributed by atoms with Crippen molar-refractivity contribution < 1.29 is 18.8 Å². The van der Waals surface area contributed by atoms with Crippen LogP contribution in [0.4, 0.5) is 4.39 Å². The van der Waals surface area contributed by atoms with E-state index in [1.165, 1.54) is 12.1 Å². The quantitative estimate of drug-likeness (QED) is 0.803. The van der Waals surface area contributed by atoms with Crippen molar-refractivity contribution in [2.24, 2.45) is 0 Å². The lowest BCUT2D eigenvalue weighted by molar-refractivity contribution is -0.136. The zero-order chi connectivity index (χ0) is 15.9. The molecule has 3 aromatic rings. The molecule has 0 aliphatic carbocycles. The standard InChI is InChI=1S/C16H13FN2O3/c1-8-12(7-13(20)21)9(2)18-16-14(8)15(19-22-16)10-3-5-11(17)6-4-10/h3-6H,7H2,1-2H3,(H,20,21). The van der Waals surface area contributed by atoms with Gasteiger partial charge < -0.3 is 9.63 Å². The Hall–Kier alpha value is -2.76. The van der Waals surface area contributed by atoms with Gasteiger partial charge in [-0.3, -0.25) is 4.79 Å². The molecule has 0 atom stereocenters. The van der Waals surface area contributed by atoms with E-state index in [4.69, 9.17) is 9.63 Å². The lowest BCUT2D eigenvalue weighted by Crippen LogP contribution is -2.06. The predicted octanol–water partition coefficient (Wildman–Crippen LogP) is 3.27. The highest BCUT2D eigenvalue weighted by atomic mass is 19.1. The number of aromatic nitrogens is 2. The number of carboxylic acids is 1. The molecule has 0 bridgehead atoms. The van der Waals surface area contributed by atoms with Gasteiger partial charge in [0.1, 0.15) is 11.5 Å². The average Bonchev–Trinajstić information content (AvgIpc) is 2.88. The molecule has 0 radical (unpaired) electrons. The van der Waals surface area contributed by atoms with Gasteiger partial charge in [-0.25, -0.2) is 9.37 Å². The Bertz CT molecular complexity index is 869. The van der Waals surface area contributed by atoms with Crippen molar-refractivity contribution in [2.45, 2.75) is 20.3 Å². The monoisotopic (exact) mass is 300 g/mol. The molecule has 6 heteroatoms. The highest BCUT2D eigenvalue weighted by molar-refractivity contribution is 5.93. The van der Waals surface area contributed by atoms with Gasteiger partial charge in [-0.1, -0.05) is 5.16 Å². The summed E-state index contributed by atoms with van der Waals surface area (Å²) in [6, 6.07) is 5.88. The summed E-state index contributed by atoms with van der Waals surface area (Å²) in [5, 5.41) is 13.7. The smallest absolute Gasteiger partial charge is 0.307 e. The summed E-state index contributed by atoms with van der Waals surface area (Å²) in [7, 11) is 0. The van der Waals surface area contributed by atoms with Crippen LogP contribution in [0.3, 0.4) is 0 Å². The maximum absolute atomic E-state index is 13.1. The lowest BCUT2D eigenvalue weighted by Gasteiger charge is -2.08. The minimum Gasteiger partial charge on any atom is -0.481 e. The maximum atomic E-state index is 13.1. The Labute approximate surface area is 125 Å². The van der Waals surface area contributed by atoms with E-state index < -0.39 is 5.97 Å². The molecule has 2 heterocycles. The lowest BCUT2D eigenvalue weighted by atomic mass is 9.98. The Kier molecular flexibility index (Phi) is 3.36. The van der Waals surface area contributed by atoms with Crippen molar-refractivity contribution >= 4 is 17.1 Å². The van der Waals surface area contributed by atoms with Crippen molar-refractivity contribution in [3.8, 4) is 11.3 Å². The summed E-state index contributed by atoms with van der Waals surface area (Å²) in [5.74, 6) is -1.26. The van der Waals surface area contributed by atoms with E-state index >= 15 is 0 Å². The Morgan fingerprint density at radius 1 is 1.27 bits per heavy atom. The molecule has 5 nitrogen and oxygen atoms in total. The third-order valence-electron chi connectivity index (χ3n) is 3.65. The molecule has 22 heavy (non-hydrogen) atoms. The number of rotatable bonds is 3. The topological polar surface area (TPSA) is 76.2 Å². The van der Waals surface area contributed by atoms with E-state index in [-0.39, 0.29) is 12.2 Å². The number of carbonyl (C=O) groups is 1. The number of fused-ring (bicyclic) bond motifs is 1. The molecule has 0 spiro atoms. The van der Waals surface area contributed by atoms with Crippen LogP contribution in [0.15, 0.2) is 28.8 Å². The maximum Gasteiger partial charge on any atom is 0.307 e. The predicted molar refractivity (Wildman–Crippen MR) is 78.0 cm³/mol. The number of nitrogens with zero attached hydrogens (tertiary/aromatic N) is 2. The van der Waals surface area contributed by atoms with Crippen LogP contribution in [-0.2, 0) is 11.2 Å². The first-order valence-electron chi connectivity index (χ1n) is 6.70. The van der Waals surface area contributed by atoms with Gasteiger partial charge in [-0.05, 0) is 49.2 Å². The molecule has 0 unspecified atom stereocenters. The Balaban J connectivity index is 2.25. The summed E-state index contributed by atoms with van der Waals surface area (Å²) in [6.07, 6.45) is -0.116. The Morgan fingerprint density at radius 3 is 2.59 bits per heavy atom. The summed E-state index contributed by atoms with van der Waals surface area (Å²) in [4.78, 5) is 15.3. The molecule has 1 N–H and O–H groups in total. The second kappa shape index (κ2) is 5.22. The normalized spacial score (nSPS) is 11.0. The van der Waals surface area contributed by atoms with E-state index in [9.17, 15) is 9.18 Å². The Morgan fingerprint density at radius 2 is 1.95 bits per heavy atom. The van der Waals surface area contributed by atoms with Gasteiger partial charge in [0, 0.05) is 11.3 Å². The molecule has 112 valence electrons. The number of pyridine rings is 1. The molecule has 0 saturated heterocycles. The van der Waals surface area contributed by atoms with Crippen molar-refractivity contribution in [3.63, 3.8) is 0 Å². The molecule has 0 aliphatic heterocycles. The molecule has 0 aliphatic rings. The summed E-state index contributed by atoms with van der Waals surface area (Å²) in [5.41, 5.74) is 3.59. The molecule has 0 amide bonds. The van der Waals surface area contributed by atoms with Crippen LogP contribution >= 0.6 is 0 Å². The first-order chi connectivity index (χ1) is 10.5. The summed E-state index contributed by atoms with van der Waals surface area (Å²) in [6.45, 7) is 3.56. The van der Waals surface area contributed by atoms with Gasteiger partial charge in [0.05, 0.1) is 11.8 Å². The van der Waals surface area contributed by atoms with Crippen LogP contribution in [0, 0.1) is 19.7 Å². The summed E-state index contributed by atoms with van der Waals surface area (Å²) < 4.78 is 18.3. The van der Waals surface area contributed by atoms with Crippen molar-refractivity contribution in [2.75, 3.05) is 0 Å². The average molecular weight is 300 g/mol. The second-order valence-electron chi connectivity index (χ2n) is 5.09. The summed E-state index contributed by atoms with van der Waals surface area (Å²) >= 11 is 0. The molecule has 1 aromatic carbocycles. The molecule has 2 aromatic heterocycles. The highest BCUT2D eigenvalue weighted by Gasteiger charge is 2.19. The van der Waals surface area contributed by atoms with Crippen molar-refractivity contribution in [3.05, 3.63) is 46.9 Å². The van der Waals surface area contributed by atoms with Crippen LogP contribution in [0.1, 0.15) is 16.8 Å². The first kappa shape index (κ1) is 14.2. The number of carboxylic acid groups (broad SMARTS) is 1. The van der Waals surface area contributed by atoms with E-state index in [2.05, 4.69) is 10.1 Å². The van der Waals surface area contributed by atoms with Crippen LogP contribution in [0.25, 0.3) is 22.4 Å². The number of aliphatic carboxylic acids is 1. The number of benzene rings is 1. The third-order valence-corrected chi connectivity index (χ3v) is 3.65. The zero-order valence-corrected chi connectivity index (χ0v) is 12.1. The number of hydrogen-bond donors (Lipinski definition) is 1. The molecular formula is C16H13FN2O3. The fourth-order valence-electron chi connectivity index (χ4n) is 2.55. The minimum atomic E-state index is -0.924. The van der Waals surface area contributed by atoms with Crippen molar-refractivity contribution in [1.82, 2.24) is 10.1 Å².